The van der Waals surface area contributed by atoms with E-state index in [0.29, 0.717) is 0 Å². The molecule has 2 rings (SSSR count). The highest BCUT2D eigenvalue weighted by molar-refractivity contribution is 6.30. The van der Waals surface area contributed by atoms with Gasteiger partial charge in [0, 0.05) is 0 Å². The van der Waals surface area contributed by atoms with E-state index >= 15 is 0 Å². The van der Waals surface area contributed by atoms with Crippen LogP contribution in [0.1, 0.15) is 5.56 Å². The Morgan fingerprint density at radius 1 is 1.12 bits per heavy atom. The Hall–Kier alpha value is -1.99. The number of hydrogen-bond acceptors (Lipinski definition) is 2. The predicted octanol–water partition coefficient (Wildman–Crippen LogP) is 3.55. The van der Waals surface area contributed by atoms with Gasteiger partial charge in [-0.05, 0) is 24.3 Å². The average molecular weight is 251 g/mol. The standard InChI is InChI=1S/C12H5ClF2N2/c13-12-7(6-16)4-5-10(17-12)11-8(14)2-1-3-9(11)15/h1-5H. The van der Waals surface area contributed by atoms with Crippen molar-refractivity contribution in [3.63, 3.8) is 0 Å². The van der Waals surface area contributed by atoms with Crippen LogP contribution in [0.25, 0.3) is 11.3 Å². The molecule has 1 aromatic carbocycles. The number of benzene rings is 1. The fraction of sp³-hybridized carbons (Fsp3) is 0. The molecule has 0 N–H and O–H groups in total. The topological polar surface area (TPSA) is 36.7 Å². The molecule has 1 heterocycles. The molecule has 0 aliphatic rings. The molecule has 0 fully saturated rings. The summed E-state index contributed by atoms with van der Waals surface area (Å²) in [5.41, 5.74) is -0.0318. The van der Waals surface area contributed by atoms with E-state index in [1.54, 1.807) is 0 Å². The summed E-state index contributed by atoms with van der Waals surface area (Å²) in [4.78, 5) is 3.80. The molecule has 84 valence electrons. The van der Waals surface area contributed by atoms with Gasteiger partial charge in [-0.2, -0.15) is 5.26 Å². The van der Waals surface area contributed by atoms with Crippen LogP contribution in [-0.2, 0) is 0 Å². The molecule has 5 heteroatoms. The van der Waals surface area contributed by atoms with Gasteiger partial charge in [0.1, 0.15) is 22.9 Å². The Bertz CT molecular complexity index is 600. The monoisotopic (exact) mass is 250 g/mol. The lowest BCUT2D eigenvalue weighted by atomic mass is 10.1. The van der Waals surface area contributed by atoms with Crippen LogP contribution in [0.4, 0.5) is 8.78 Å². The van der Waals surface area contributed by atoms with Crippen LogP contribution in [0.2, 0.25) is 5.15 Å². The van der Waals surface area contributed by atoms with E-state index in [9.17, 15) is 8.78 Å². The van der Waals surface area contributed by atoms with Crippen molar-refractivity contribution in [1.29, 1.82) is 5.26 Å². The average Bonchev–Trinajstić information content (AvgIpc) is 2.29. The van der Waals surface area contributed by atoms with E-state index in [0.717, 1.165) is 12.1 Å². The molecule has 0 amide bonds. The van der Waals surface area contributed by atoms with E-state index in [1.165, 1.54) is 18.2 Å². The second-order valence-electron chi connectivity index (χ2n) is 3.24. The van der Waals surface area contributed by atoms with Crippen molar-refractivity contribution in [2.45, 2.75) is 0 Å². The highest BCUT2D eigenvalue weighted by atomic mass is 35.5. The first-order chi connectivity index (χ1) is 8.13. The second kappa shape index (κ2) is 4.48. The van der Waals surface area contributed by atoms with E-state index in [1.807, 2.05) is 6.07 Å². The van der Waals surface area contributed by atoms with Crippen molar-refractivity contribution in [1.82, 2.24) is 4.98 Å². The number of nitrogens with zero attached hydrogens (tertiary/aromatic N) is 2. The van der Waals surface area contributed by atoms with Gasteiger partial charge in [0.15, 0.2) is 0 Å². The van der Waals surface area contributed by atoms with Crippen molar-refractivity contribution < 1.29 is 8.78 Å². The first-order valence-corrected chi connectivity index (χ1v) is 5.02. The zero-order valence-corrected chi connectivity index (χ0v) is 9.17. The van der Waals surface area contributed by atoms with Gasteiger partial charge in [0.05, 0.1) is 16.8 Å². The predicted molar refractivity (Wildman–Crippen MR) is 59.3 cm³/mol. The Kier molecular flexibility index (Phi) is 3.03. The molecular weight excluding hydrogens is 246 g/mol. The summed E-state index contributed by atoms with van der Waals surface area (Å²) in [5, 5.41) is 8.59. The third-order valence-corrected chi connectivity index (χ3v) is 2.48. The van der Waals surface area contributed by atoms with Crippen LogP contribution in [-0.4, -0.2) is 4.98 Å². The molecule has 2 nitrogen and oxygen atoms in total. The molecule has 17 heavy (non-hydrogen) atoms. The molecule has 1 aromatic heterocycles. The Morgan fingerprint density at radius 3 is 2.29 bits per heavy atom. The molecule has 0 unspecified atom stereocenters. The van der Waals surface area contributed by atoms with Gasteiger partial charge in [-0.25, -0.2) is 13.8 Å². The first kappa shape index (κ1) is 11.5. The number of aromatic nitrogens is 1. The molecule has 2 aromatic rings. The van der Waals surface area contributed by atoms with Crippen molar-refractivity contribution in [3.8, 4) is 17.3 Å². The smallest absolute Gasteiger partial charge is 0.147 e. The van der Waals surface area contributed by atoms with Crippen molar-refractivity contribution in [3.05, 3.63) is 52.7 Å². The number of pyridine rings is 1. The minimum Gasteiger partial charge on any atom is -0.234 e. The summed E-state index contributed by atoms with van der Waals surface area (Å²) in [6.45, 7) is 0. The fourth-order valence-corrected chi connectivity index (χ4v) is 1.60. The summed E-state index contributed by atoms with van der Waals surface area (Å²) in [6.07, 6.45) is 0. The zero-order chi connectivity index (χ0) is 12.4. The SMILES string of the molecule is N#Cc1ccc(-c2c(F)cccc2F)nc1Cl. The van der Waals surface area contributed by atoms with Gasteiger partial charge >= 0.3 is 0 Å². The lowest BCUT2D eigenvalue weighted by Gasteiger charge is -2.04. The second-order valence-corrected chi connectivity index (χ2v) is 3.60. The minimum atomic E-state index is -0.724. The Balaban J connectivity index is 2.63. The summed E-state index contributed by atoms with van der Waals surface area (Å²) in [7, 11) is 0. The quantitative estimate of drug-likeness (QED) is 0.726. The molecular formula is C12H5ClF2N2. The molecule has 0 bridgehead atoms. The molecule has 0 saturated heterocycles. The summed E-state index contributed by atoms with van der Waals surface area (Å²) >= 11 is 5.71. The van der Waals surface area contributed by atoms with Crippen LogP contribution in [0.3, 0.4) is 0 Å². The highest BCUT2D eigenvalue weighted by Gasteiger charge is 2.13. The molecule has 0 aliphatic heterocycles. The van der Waals surface area contributed by atoms with Gasteiger partial charge in [-0.3, -0.25) is 0 Å². The fourth-order valence-electron chi connectivity index (χ4n) is 1.40. The highest BCUT2D eigenvalue weighted by Crippen LogP contribution is 2.26. The largest absolute Gasteiger partial charge is 0.234 e. The van der Waals surface area contributed by atoms with Crippen molar-refractivity contribution in [2.75, 3.05) is 0 Å². The van der Waals surface area contributed by atoms with Crippen LogP contribution >= 0.6 is 11.6 Å². The number of nitriles is 1. The van der Waals surface area contributed by atoms with Gasteiger partial charge in [0.25, 0.3) is 0 Å². The number of halogens is 3. The van der Waals surface area contributed by atoms with Crippen LogP contribution in [0.15, 0.2) is 30.3 Å². The minimum absolute atomic E-state index is 0.0598. The number of hydrogen-bond donors (Lipinski definition) is 0. The normalized spacial score (nSPS) is 10.0. The maximum absolute atomic E-state index is 13.5. The molecule has 0 atom stereocenters. The van der Waals surface area contributed by atoms with E-state index < -0.39 is 11.6 Å². The van der Waals surface area contributed by atoms with E-state index in [-0.39, 0.29) is 22.0 Å². The summed E-state index contributed by atoms with van der Waals surface area (Å²) in [6, 6.07) is 8.07. The van der Waals surface area contributed by atoms with Crippen LogP contribution in [0, 0.1) is 23.0 Å². The zero-order valence-electron chi connectivity index (χ0n) is 8.42. The van der Waals surface area contributed by atoms with Crippen LogP contribution < -0.4 is 0 Å². The molecule has 0 radical (unpaired) electrons. The Morgan fingerprint density at radius 2 is 1.76 bits per heavy atom. The summed E-state index contributed by atoms with van der Waals surface area (Å²) < 4.78 is 26.9. The molecule has 0 aliphatic carbocycles. The van der Waals surface area contributed by atoms with E-state index in [4.69, 9.17) is 16.9 Å². The molecule has 0 spiro atoms. The lowest BCUT2D eigenvalue weighted by Crippen LogP contribution is -1.93. The maximum Gasteiger partial charge on any atom is 0.147 e. The third kappa shape index (κ3) is 2.10. The summed E-state index contributed by atoms with van der Waals surface area (Å²) in [5.74, 6) is -1.45. The molecule has 0 saturated carbocycles. The van der Waals surface area contributed by atoms with Crippen LogP contribution in [0.5, 0.6) is 0 Å². The van der Waals surface area contributed by atoms with E-state index in [2.05, 4.69) is 4.98 Å². The van der Waals surface area contributed by atoms with Crippen molar-refractivity contribution >= 4 is 11.6 Å². The van der Waals surface area contributed by atoms with Gasteiger partial charge in [0.2, 0.25) is 0 Å². The van der Waals surface area contributed by atoms with Gasteiger partial charge < -0.3 is 0 Å². The lowest BCUT2D eigenvalue weighted by molar-refractivity contribution is 0.588. The van der Waals surface area contributed by atoms with Crippen molar-refractivity contribution in [2.24, 2.45) is 0 Å². The van der Waals surface area contributed by atoms with Gasteiger partial charge in [-0.15, -0.1) is 0 Å². The number of rotatable bonds is 1. The maximum atomic E-state index is 13.5. The first-order valence-electron chi connectivity index (χ1n) is 4.64. The third-order valence-electron chi connectivity index (χ3n) is 2.19. The Labute approximate surface area is 101 Å². The van der Waals surface area contributed by atoms with Gasteiger partial charge in [-0.1, -0.05) is 17.7 Å².